The molecule has 2 rings (SSSR count). The zero-order valence-electron chi connectivity index (χ0n) is 11.8. The minimum Gasteiger partial charge on any atom is -0.265 e. The molecule has 0 aliphatic heterocycles. The highest BCUT2D eigenvalue weighted by molar-refractivity contribution is 6.68. The highest BCUT2D eigenvalue weighted by Gasteiger charge is 2.03. The summed E-state index contributed by atoms with van der Waals surface area (Å²) in [5.74, 6) is 0. The zero-order valence-corrected chi connectivity index (χ0v) is 12.5. The van der Waals surface area contributed by atoms with Crippen molar-refractivity contribution in [3.05, 3.63) is 77.9 Å². The van der Waals surface area contributed by atoms with Crippen molar-refractivity contribution in [1.29, 1.82) is 0 Å². The molecule has 0 heterocycles. The van der Waals surface area contributed by atoms with Gasteiger partial charge in [0.05, 0.1) is 6.04 Å². The maximum absolute atomic E-state index is 6.24. The van der Waals surface area contributed by atoms with Gasteiger partial charge in [0.1, 0.15) is 5.17 Å². The van der Waals surface area contributed by atoms with E-state index in [0.29, 0.717) is 5.17 Å². The number of hydrogen-bond acceptors (Lipinski definition) is 1. The molecule has 102 valence electrons. The van der Waals surface area contributed by atoms with Gasteiger partial charge in [0.2, 0.25) is 0 Å². The smallest absolute Gasteiger partial charge is 0.124 e. The Hall–Kier alpha value is -1.86. The average Bonchev–Trinajstić information content (AvgIpc) is 2.49. The highest BCUT2D eigenvalue weighted by atomic mass is 35.5. The highest BCUT2D eigenvalue weighted by Crippen LogP contribution is 2.19. The molecule has 0 saturated carbocycles. The van der Waals surface area contributed by atoms with Gasteiger partial charge in [0.15, 0.2) is 0 Å². The predicted molar refractivity (Wildman–Crippen MR) is 88.2 cm³/mol. The van der Waals surface area contributed by atoms with Crippen LogP contribution in [0.1, 0.15) is 31.0 Å². The number of nitrogens with zero attached hydrogens (tertiary/aromatic N) is 1. The Balaban J connectivity index is 2.15. The van der Waals surface area contributed by atoms with E-state index in [2.05, 4.69) is 29.3 Å². The summed E-state index contributed by atoms with van der Waals surface area (Å²) >= 11 is 6.24. The number of hydrogen-bond donors (Lipinski definition) is 0. The van der Waals surface area contributed by atoms with E-state index in [1.807, 2.05) is 56.3 Å². The van der Waals surface area contributed by atoms with Crippen molar-refractivity contribution in [2.24, 2.45) is 4.99 Å². The molecule has 0 saturated heterocycles. The van der Waals surface area contributed by atoms with Crippen LogP contribution in [0.5, 0.6) is 0 Å². The Morgan fingerprint density at radius 1 is 1.00 bits per heavy atom. The molecule has 0 fully saturated rings. The van der Waals surface area contributed by atoms with Crippen LogP contribution in [-0.4, -0.2) is 5.17 Å². The molecule has 0 aliphatic carbocycles. The lowest BCUT2D eigenvalue weighted by molar-refractivity contribution is 0.824. The van der Waals surface area contributed by atoms with Gasteiger partial charge in [-0.25, -0.2) is 0 Å². The SMILES string of the molecule is C/C(=C\C(Cl)=N/C(C)c1ccccc1)c1ccccc1. The fourth-order valence-electron chi connectivity index (χ4n) is 1.99. The molecule has 1 nitrogen and oxygen atoms in total. The van der Waals surface area contributed by atoms with Gasteiger partial charge in [-0.05, 0) is 36.6 Å². The molecule has 2 aromatic carbocycles. The quantitative estimate of drug-likeness (QED) is 0.658. The Labute approximate surface area is 125 Å². The van der Waals surface area contributed by atoms with Crippen LogP contribution in [0.2, 0.25) is 0 Å². The molecule has 2 heteroatoms. The largest absolute Gasteiger partial charge is 0.265 e. The van der Waals surface area contributed by atoms with Gasteiger partial charge in [-0.15, -0.1) is 0 Å². The lowest BCUT2D eigenvalue weighted by Crippen LogP contribution is -1.93. The van der Waals surface area contributed by atoms with E-state index < -0.39 is 0 Å². The van der Waals surface area contributed by atoms with E-state index in [-0.39, 0.29) is 6.04 Å². The fourth-order valence-corrected chi connectivity index (χ4v) is 2.30. The number of allylic oxidation sites excluding steroid dienone is 2. The predicted octanol–water partition coefficient (Wildman–Crippen LogP) is 5.49. The molecular weight excluding hydrogens is 266 g/mol. The molecule has 0 aliphatic rings. The van der Waals surface area contributed by atoms with Crippen LogP contribution in [0.3, 0.4) is 0 Å². The molecule has 2 aromatic rings. The minimum absolute atomic E-state index is 0.0588. The Morgan fingerprint density at radius 3 is 2.15 bits per heavy atom. The van der Waals surface area contributed by atoms with Gasteiger partial charge in [-0.2, -0.15) is 0 Å². The molecule has 0 aromatic heterocycles. The first-order valence-corrected chi connectivity index (χ1v) is 7.06. The number of rotatable bonds is 4. The number of aliphatic imine (C=N–C) groups is 1. The average molecular weight is 284 g/mol. The van der Waals surface area contributed by atoms with Gasteiger partial charge >= 0.3 is 0 Å². The summed E-state index contributed by atoms with van der Waals surface area (Å²) in [5, 5.41) is 0.530. The molecule has 0 radical (unpaired) electrons. The number of halogens is 1. The first-order valence-electron chi connectivity index (χ1n) is 6.69. The van der Waals surface area contributed by atoms with Gasteiger partial charge < -0.3 is 0 Å². The molecule has 0 amide bonds. The van der Waals surface area contributed by atoms with Crippen molar-refractivity contribution in [3.63, 3.8) is 0 Å². The molecule has 0 spiro atoms. The van der Waals surface area contributed by atoms with Crippen molar-refractivity contribution in [2.45, 2.75) is 19.9 Å². The monoisotopic (exact) mass is 283 g/mol. The second kappa shape index (κ2) is 7.06. The van der Waals surface area contributed by atoms with Crippen LogP contribution in [0.25, 0.3) is 5.57 Å². The fraction of sp³-hybridized carbons (Fsp3) is 0.167. The summed E-state index contributed by atoms with van der Waals surface area (Å²) in [6.07, 6.45) is 1.91. The van der Waals surface area contributed by atoms with E-state index in [0.717, 1.165) is 16.7 Å². The van der Waals surface area contributed by atoms with Crippen LogP contribution < -0.4 is 0 Å². The van der Waals surface area contributed by atoms with Crippen LogP contribution in [0, 0.1) is 0 Å². The van der Waals surface area contributed by atoms with Crippen molar-refractivity contribution in [2.75, 3.05) is 0 Å². The van der Waals surface area contributed by atoms with Gasteiger partial charge in [0.25, 0.3) is 0 Å². The zero-order chi connectivity index (χ0) is 14.4. The maximum atomic E-state index is 6.24. The second-order valence-electron chi connectivity index (χ2n) is 4.73. The third-order valence-corrected chi connectivity index (χ3v) is 3.37. The van der Waals surface area contributed by atoms with E-state index in [9.17, 15) is 0 Å². The maximum Gasteiger partial charge on any atom is 0.124 e. The molecule has 0 N–H and O–H groups in total. The van der Waals surface area contributed by atoms with Crippen molar-refractivity contribution in [3.8, 4) is 0 Å². The van der Waals surface area contributed by atoms with E-state index in [1.54, 1.807) is 0 Å². The normalized spacial score (nSPS) is 14.2. The lowest BCUT2D eigenvalue weighted by Gasteiger charge is -2.07. The molecule has 1 unspecified atom stereocenters. The van der Waals surface area contributed by atoms with Crippen LogP contribution in [-0.2, 0) is 0 Å². The topological polar surface area (TPSA) is 12.4 Å². The summed E-state index contributed by atoms with van der Waals surface area (Å²) in [4.78, 5) is 4.52. The van der Waals surface area contributed by atoms with Crippen LogP contribution >= 0.6 is 11.6 Å². The lowest BCUT2D eigenvalue weighted by atomic mass is 10.1. The second-order valence-corrected chi connectivity index (χ2v) is 5.12. The third-order valence-electron chi connectivity index (χ3n) is 3.16. The van der Waals surface area contributed by atoms with Gasteiger partial charge in [-0.3, -0.25) is 4.99 Å². The number of benzene rings is 2. The summed E-state index contributed by atoms with van der Waals surface area (Å²) < 4.78 is 0. The molecule has 1 atom stereocenters. The van der Waals surface area contributed by atoms with Crippen molar-refractivity contribution >= 4 is 22.3 Å². The molecular formula is C18H18ClN. The summed E-state index contributed by atoms with van der Waals surface area (Å²) in [6.45, 7) is 4.09. The Morgan fingerprint density at radius 2 is 1.55 bits per heavy atom. The van der Waals surface area contributed by atoms with Crippen LogP contribution in [0.15, 0.2) is 71.7 Å². The van der Waals surface area contributed by atoms with Gasteiger partial charge in [0, 0.05) is 0 Å². The van der Waals surface area contributed by atoms with Crippen molar-refractivity contribution in [1.82, 2.24) is 0 Å². The van der Waals surface area contributed by atoms with Crippen molar-refractivity contribution < 1.29 is 0 Å². The summed E-state index contributed by atoms with van der Waals surface area (Å²) in [6, 6.07) is 20.4. The third kappa shape index (κ3) is 4.07. The van der Waals surface area contributed by atoms with E-state index in [4.69, 9.17) is 11.6 Å². The summed E-state index contributed by atoms with van der Waals surface area (Å²) in [5.41, 5.74) is 3.43. The first-order chi connectivity index (χ1) is 9.66. The standard InChI is InChI=1S/C18H18ClN/c1-14(16-9-5-3-6-10-16)13-18(19)20-15(2)17-11-7-4-8-12-17/h3-13,15H,1-2H3/b14-13+,20-18+. The molecule has 0 bridgehead atoms. The Bertz CT molecular complexity index is 600. The van der Waals surface area contributed by atoms with E-state index in [1.165, 1.54) is 0 Å². The molecule has 20 heavy (non-hydrogen) atoms. The van der Waals surface area contributed by atoms with Gasteiger partial charge in [-0.1, -0.05) is 72.3 Å². The first kappa shape index (κ1) is 14.5. The van der Waals surface area contributed by atoms with E-state index >= 15 is 0 Å². The van der Waals surface area contributed by atoms with Crippen LogP contribution in [0.4, 0.5) is 0 Å². The minimum atomic E-state index is 0.0588. The summed E-state index contributed by atoms with van der Waals surface area (Å²) in [7, 11) is 0. The Kier molecular flexibility index (Phi) is 5.14.